The van der Waals surface area contributed by atoms with E-state index in [2.05, 4.69) is 5.10 Å². The summed E-state index contributed by atoms with van der Waals surface area (Å²) in [5.74, 6) is 0.0917. The standard InChI is InChI=1S/C15H18N4O2/c1-18-14(13(16)8-17-18)15(21)19(11-5-6-11)9-10-3-2-4-12(20)7-10/h2-4,7-8,11,20H,5-6,9,16H2,1H3. The van der Waals surface area contributed by atoms with Gasteiger partial charge in [0.05, 0.1) is 11.9 Å². The summed E-state index contributed by atoms with van der Waals surface area (Å²) in [6, 6.07) is 7.21. The fourth-order valence-corrected chi connectivity index (χ4v) is 2.46. The number of amides is 1. The van der Waals surface area contributed by atoms with E-state index in [1.54, 1.807) is 25.2 Å². The van der Waals surface area contributed by atoms with Crippen molar-refractivity contribution in [1.29, 1.82) is 0 Å². The van der Waals surface area contributed by atoms with Crippen LogP contribution in [0, 0.1) is 0 Å². The van der Waals surface area contributed by atoms with Gasteiger partial charge in [-0.1, -0.05) is 12.1 Å². The van der Waals surface area contributed by atoms with Crippen molar-refractivity contribution in [3.05, 3.63) is 41.7 Å². The first kappa shape index (κ1) is 13.5. The molecule has 1 heterocycles. The predicted octanol–water partition coefficient (Wildman–Crippen LogP) is 1.51. The quantitative estimate of drug-likeness (QED) is 0.892. The lowest BCUT2D eigenvalue weighted by atomic mass is 10.2. The van der Waals surface area contributed by atoms with Crippen molar-refractivity contribution in [2.24, 2.45) is 7.05 Å². The van der Waals surface area contributed by atoms with Gasteiger partial charge in [-0.3, -0.25) is 9.48 Å². The van der Waals surface area contributed by atoms with Crippen molar-refractivity contribution >= 4 is 11.6 Å². The summed E-state index contributed by atoms with van der Waals surface area (Å²) in [7, 11) is 1.71. The maximum absolute atomic E-state index is 12.7. The smallest absolute Gasteiger partial charge is 0.274 e. The molecule has 6 heteroatoms. The number of rotatable bonds is 4. The molecule has 1 aliphatic carbocycles. The molecule has 1 fully saturated rings. The first-order valence-corrected chi connectivity index (χ1v) is 6.92. The monoisotopic (exact) mass is 286 g/mol. The molecule has 21 heavy (non-hydrogen) atoms. The van der Waals surface area contributed by atoms with E-state index in [0.29, 0.717) is 17.9 Å². The van der Waals surface area contributed by atoms with Crippen LogP contribution < -0.4 is 5.73 Å². The number of aromatic nitrogens is 2. The van der Waals surface area contributed by atoms with Crippen molar-refractivity contribution in [3.8, 4) is 5.75 Å². The fourth-order valence-electron chi connectivity index (χ4n) is 2.46. The molecule has 1 aliphatic rings. The Labute approximate surface area is 122 Å². The third-order valence-electron chi connectivity index (χ3n) is 3.68. The summed E-state index contributed by atoms with van der Waals surface area (Å²) in [4.78, 5) is 14.5. The van der Waals surface area contributed by atoms with Crippen LogP contribution in [-0.4, -0.2) is 31.7 Å². The van der Waals surface area contributed by atoms with Crippen LogP contribution in [0.3, 0.4) is 0 Å². The molecule has 3 N–H and O–H groups in total. The highest BCUT2D eigenvalue weighted by Crippen LogP contribution is 2.31. The van der Waals surface area contributed by atoms with Gasteiger partial charge in [0.2, 0.25) is 0 Å². The number of benzene rings is 1. The highest BCUT2D eigenvalue weighted by molar-refractivity contribution is 5.97. The zero-order chi connectivity index (χ0) is 15.0. The van der Waals surface area contributed by atoms with Crippen LogP contribution in [-0.2, 0) is 13.6 Å². The predicted molar refractivity (Wildman–Crippen MR) is 78.6 cm³/mol. The molecule has 1 saturated carbocycles. The minimum Gasteiger partial charge on any atom is -0.508 e. The molecule has 6 nitrogen and oxygen atoms in total. The van der Waals surface area contributed by atoms with Gasteiger partial charge in [0, 0.05) is 19.6 Å². The lowest BCUT2D eigenvalue weighted by molar-refractivity contribution is 0.0719. The molecule has 0 atom stereocenters. The highest BCUT2D eigenvalue weighted by Gasteiger charge is 2.35. The molecule has 0 spiro atoms. The van der Waals surface area contributed by atoms with Crippen LogP contribution in [0.1, 0.15) is 28.9 Å². The van der Waals surface area contributed by atoms with Crippen molar-refractivity contribution in [3.63, 3.8) is 0 Å². The molecular weight excluding hydrogens is 268 g/mol. The number of nitrogen functional groups attached to an aromatic ring is 1. The molecular formula is C15H18N4O2. The van der Waals surface area contributed by atoms with Gasteiger partial charge in [-0.05, 0) is 30.5 Å². The molecule has 1 aromatic heterocycles. The summed E-state index contributed by atoms with van der Waals surface area (Å²) in [6.45, 7) is 0.461. The number of nitrogens with zero attached hydrogens (tertiary/aromatic N) is 3. The van der Waals surface area contributed by atoms with Gasteiger partial charge in [-0.25, -0.2) is 0 Å². The van der Waals surface area contributed by atoms with Crippen LogP contribution >= 0.6 is 0 Å². The SMILES string of the molecule is Cn1ncc(N)c1C(=O)N(Cc1cccc(O)c1)C1CC1. The molecule has 1 amide bonds. The van der Waals surface area contributed by atoms with E-state index in [1.165, 1.54) is 10.9 Å². The Bertz CT molecular complexity index is 657. The van der Waals surface area contributed by atoms with Crippen LogP contribution in [0.4, 0.5) is 5.69 Å². The van der Waals surface area contributed by atoms with E-state index in [0.717, 1.165) is 18.4 Å². The van der Waals surface area contributed by atoms with E-state index in [4.69, 9.17) is 5.73 Å². The molecule has 0 saturated heterocycles. The number of aromatic hydroxyl groups is 1. The maximum Gasteiger partial charge on any atom is 0.274 e. The van der Waals surface area contributed by atoms with Crippen LogP contribution in [0.5, 0.6) is 5.75 Å². The summed E-state index contributed by atoms with van der Waals surface area (Å²) >= 11 is 0. The molecule has 0 aliphatic heterocycles. The topological polar surface area (TPSA) is 84.4 Å². The molecule has 0 unspecified atom stereocenters. The van der Waals surface area contributed by atoms with Crippen molar-refractivity contribution in [2.75, 3.05) is 5.73 Å². The Morgan fingerprint density at radius 1 is 1.52 bits per heavy atom. The second-order valence-electron chi connectivity index (χ2n) is 5.41. The molecule has 110 valence electrons. The normalized spacial score (nSPS) is 14.1. The largest absolute Gasteiger partial charge is 0.508 e. The van der Waals surface area contributed by atoms with Gasteiger partial charge >= 0.3 is 0 Å². The molecule has 0 radical (unpaired) electrons. The Morgan fingerprint density at radius 3 is 2.86 bits per heavy atom. The Kier molecular flexibility index (Phi) is 3.29. The lowest BCUT2D eigenvalue weighted by Crippen LogP contribution is -2.34. The summed E-state index contributed by atoms with van der Waals surface area (Å²) in [5.41, 5.74) is 7.56. The Hall–Kier alpha value is -2.50. The summed E-state index contributed by atoms with van der Waals surface area (Å²) in [5, 5.41) is 13.6. The average Bonchev–Trinajstić information content (AvgIpc) is 3.22. The van der Waals surface area contributed by atoms with Crippen LogP contribution in [0.15, 0.2) is 30.5 Å². The van der Waals surface area contributed by atoms with E-state index in [1.807, 2.05) is 11.0 Å². The third kappa shape index (κ3) is 2.69. The average molecular weight is 286 g/mol. The van der Waals surface area contributed by atoms with Crippen molar-refractivity contribution in [2.45, 2.75) is 25.4 Å². The van der Waals surface area contributed by atoms with E-state index < -0.39 is 0 Å². The highest BCUT2D eigenvalue weighted by atomic mass is 16.3. The summed E-state index contributed by atoms with van der Waals surface area (Å²) < 4.78 is 1.51. The van der Waals surface area contributed by atoms with Gasteiger partial charge in [0.25, 0.3) is 5.91 Å². The molecule has 1 aromatic carbocycles. The van der Waals surface area contributed by atoms with Gasteiger partial charge < -0.3 is 15.7 Å². The zero-order valence-electron chi connectivity index (χ0n) is 11.9. The number of anilines is 1. The molecule has 0 bridgehead atoms. The maximum atomic E-state index is 12.7. The second-order valence-corrected chi connectivity index (χ2v) is 5.41. The zero-order valence-corrected chi connectivity index (χ0v) is 11.9. The number of hydrogen-bond acceptors (Lipinski definition) is 4. The third-order valence-corrected chi connectivity index (χ3v) is 3.68. The van der Waals surface area contributed by atoms with Gasteiger partial charge in [-0.15, -0.1) is 0 Å². The second kappa shape index (κ2) is 5.12. The molecule has 2 aromatic rings. The van der Waals surface area contributed by atoms with Gasteiger partial charge in [0.15, 0.2) is 0 Å². The minimum atomic E-state index is -0.113. The number of phenols is 1. The first-order valence-electron chi connectivity index (χ1n) is 6.92. The number of aryl methyl sites for hydroxylation is 1. The van der Waals surface area contributed by atoms with Gasteiger partial charge in [-0.2, -0.15) is 5.10 Å². The Morgan fingerprint density at radius 2 is 2.29 bits per heavy atom. The van der Waals surface area contributed by atoms with Crippen LogP contribution in [0.25, 0.3) is 0 Å². The number of carbonyl (C=O) groups excluding carboxylic acids is 1. The van der Waals surface area contributed by atoms with Crippen molar-refractivity contribution < 1.29 is 9.90 Å². The summed E-state index contributed by atoms with van der Waals surface area (Å²) in [6.07, 6.45) is 3.50. The first-order chi connectivity index (χ1) is 10.1. The number of nitrogens with two attached hydrogens (primary N) is 1. The van der Waals surface area contributed by atoms with E-state index >= 15 is 0 Å². The van der Waals surface area contributed by atoms with Crippen molar-refractivity contribution in [1.82, 2.24) is 14.7 Å². The van der Waals surface area contributed by atoms with Gasteiger partial charge in [0.1, 0.15) is 11.4 Å². The van der Waals surface area contributed by atoms with Crippen LogP contribution in [0.2, 0.25) is 0 Å². The minimum absolute atomic E-state index is 0.113. The molecule has 3 rings (SSSR count). The van der Waals surface area contributed by atoms with E-state index in [9.17, 15) is 9.90 Å². The van der Waals surface area contributed by atoms with E-state index in [-0.39, 0.29) is 17.7 Å². The number of hydrogen-bond donors (Lipinski definition) is 2. The number of phenolic OH excluding ortho intramolecular Hbond substituents is 1. The number of carbonyl (C=O) groups is 1. The Balaban J connectivity index is 1.87. The fraction of sp³-hybridized carbons (Fsp3) is 0.333. The lowest BCUT2D eigenvalue weighted by Gasteiger charge is -2.23.